The molecule has 0 spiro atoms. The van der Waals surface area contributed by atoms with Crippen molar-refractivity contribution in [3.05, 3.63) is 47.5 Å². The van der Waals surface area contributed by atoms with Gasteiger partial charge in [0.05, 0.1) is 0 Å². The van der Waals surface area contributed by atoms with Gasteiger partial charge in [0.15, 0.2) is 0 Å². The molecule has 1 unspecified atom stereocenters. The summed E-state index contributed by atoms with van der Waals surface area (Å²) < 4.78 is 0. The van der Waals surface area contributed by atoms with Gasteiger partial charge in [0, 0.05) is 19.1 Å². The molecule has 0 radical (unpaired) electrons. The van der Waals surface area contributed by atoms with Crippen LogP contribution in [0.5, 0.6) is 0 Å². The van der Waals surface area contributed by atoms with Gasteiger partial charge in [0.1, 0.15) is 0 Å². The predicted molar refractivity (Wildman–Crippen MR) is 73.2 cm³/mol. The van der Waals surface area contributed by atoms with Gasteiger partial charge in [-0.1, -0.05) is 36.4 Å². The molecule has 0 saturated carbocycles. The number of nitrogens with one attached hydrogen (secondary N) is 1. The van der Waals surface area contributed by atoms with Crippen LogP contribution in [0.3, 0.4) is 0 Å². The number of nitrogens with zero attached hydrogens (tertiary/aromatic N) is 1. The largest absolute Gasteiger partial charge is 0.309 e. The smallest absolute Gasteiger partial charge is 0.0452 e. The third-order valence-corrected chi connectivity index (χ3v) is 3.25. The molecule has 17 heavy (non-hydrogen) atoms. The number of hydrogen-bond donors (Lipinski definition) is 1. The molecule has 1 N–H and O–H groups in total. The quantitative estimate of drug-likeness (QED) is 0.799. The standard InChI is InChI=1S/C15H22N2/c1-12(2)10-17(3)11-15-14-7-5-4-6-13(14)8-9-16-15/h4-7,15-16H,1,8-11H2,2-3H3. The first kappa shape index (κ1) is 12.3. The third-order valence-electron chi connectivity index (χ3n) is 3.25. The van der Waals surface area contributed by atoms with Gasteiger partial charge in [-0.2, -0.15) is 0 Å². The Hall–Kier alpha value is -1.12. The fourth-order valence-corrected chi connectivity index (χ4v) is 2.59. The predicted octanol–water partition coefficient (Wildman–Crippen LogP) is 2.38. The molecule has 2 rings (SSSR count). The zero-order valence-electron chi connectivity index (χ0n) is 10.9. The first-order valence-electron chi connectivity index (χ1n) is 6.31. The maximum atomic E-state index is 3.97. The van der Waals surface area contributed by atoms with Gasteiger partial charge in [0.25, 0.3) is 0 Å². The SMILES string of the molecule is C=C(C)CN(C)CC1NCCc2ccccc21. The van der Waals surface area contributed by atoms with Crippen molar-refractivity contribution >= 4 is 0 Å². The van der Waals surface area contributed by atoms with Gasteiger partial charge in [-0.05, 0) is 38.1 Å². The van der Waals surface area contributed by atoms with Gasteiger partial charge >= 0.3 is 0 Å². The summed E-state index contributed by atoms with van der Waals surface area (Å²) in [6.07, 6.45) is 1.15. The third kappa shape index (κ3) is 3.18. The summed E-state index contributed by atoms with van der Waals surface area (Å²) in [7, 11) is 2.16. The van der Waals surface area contributed by atoms with E-state index in [4.69, 9.17) is 0 Å². The van der Waals surface area contributed by atoms with E-state index in [0.717, 1.165) is 26.1 Å². The number of hydrogen-bond acceptors (Lipinski definition) is 2. The van der Waals surface area contributed by atoms with Crippen LogP contribution in [0.4, 0.5) is 0 Å². The molecular formula is C15H22N2. The van der Waals surface area contributed by atoms with Crippen molar-refractivity contribution in [2.45, 2.75) is 19.4 Å². The zero-order valence-corrected chi connectivity index (χ0v) is 10.9. The van der Waals surface area contributed by atoms with Gasteiger partial charge < -0.3 is 10.2 Å². The van der Waals surface area contributed by atoms with Crippen LogP contribution in [0, 0.1) is 0 Å². The van der Waals surface area contributed by atoms with Crippen molar-refractivity contribution in [2.24, 2.45) is 0 Å². The molecule has 0 amide bonds. The van der Waals surface area contributed by atoms with Crippen LogP contribution < -0.4 is 5.32 Å². The number of likely N-dealkylation sites (N-methyl/N-ethyl adjacent to an activating group) is 1. The second-order valence-electron chi connectivity index (χ2n) is 5.11. The summed E-state index contributed by atoms with van der Waals surface area (Å²) in [5.41, 5.74) is 4.18. The van der Waals surface area contributed by atoms with E-state index in [1.165, 1.54) is 16.7 Å². The second kappa shape index (κ2) is 5.48. The lowest BCUT2D eigenvalue weighted by molar-refractivity contribution is 0.305. The van der Waals surface area contributed by atoms with E-state index in [9.17, 15) is 0 Å². The first-order valence-corrected chi connectivity index (χ1v) is 6.31. The number of fused-ring (bicyclic) bond motifs is 1. The highest BCUT2D eigenvalue weighted by Gasteiger charge is 2.20. The van der Waals surface area contributed by atoms with E-state index in [2.05, 4.69) is 55.0 Å². The molecular weight excluding hydrogens is 208 g/mol. The van der Waals surface area contributed by atoms with Crippen LogP contribution in [0.15, 0.2) is 36.4 Å². The van der Waals surface area contributed by atoms with Crippen molar-refractivity contribution in [2.75, 3.05) is 26.7 Å². The minimum atomic E-state index is 0.462. The Labute approximate surface area is 104 Å². The fraction of sp³-hybridized carbons (Fsp3) is 0.467. The second-order valence-corrected chi connectivity index (χ2v) is 5.11. The molecule has 0 aromatic heterocycles. The summed E-state index contributed by atoms with van der Waals surface area (Å²) in [6.45, 7) is 9.16. The summed E-state index contributed by atoms with van der Waals surface area (Å²) in [5.74, 6) is 0. The normalized spacial score (nSPS) is 19.1. The molecule has 1 aromatic rings. The van der Waals surface area contributed by atoms with E-state index in [1.807, 2.05) is 0 Å². The first-order chi connectivity index (χ1) is 8.16. The van der Waals surface area contributed by atoms with Crippen LogP contribution >= 0.6 is 0 Å². The van der Waals surface area contributed by atoms with E-state index < -0.39 is 0 Å². The van der Waals surface area contributed by atoms with Crippen molar-refractivity contribution in [3.63, 3.8) is 0 Å². The molecule has 2 heteroatoms. The molecule has 2 nitrogen and oxygen atoms in total. The van der Waals surface area contributed by atoms with E-state index >= 15 is 0 Å². The highest BCUT2D eigenvalue weighted by Crippen LogP contribution is 2.23. The molecule has 0 bridgehead atoms. The Bertz CT molecular complexity index is 398. The number of benzene rings is 1. The Morgan fingerprint density at radius 2 is 2.24 bits per heavy atom. The molecule has 1 heterocycles. The Balaban J connectivity index is 2.05. The zero-order chi connectivity index (χ0) is 12.3. The van der Waals surface area contributed by atoms with E-state index in [-0.39, 0.29) is 0 Å². The minimum absolute atomic E-state index is 0.462. The van der Waals surface area contributed by atoms with Crippen molar-refractivity contribution in [1.29, 1.82) is 0 Å². The van der Waals surface area contributed by atoms with Crippen LogP contribution in [-0.2, 0) is 6.42 Å². The van der Waals surface area contributed by atoms with Gasteiger partial charge in [-0.15, -0.1) is 0 Å². The maximum Gasteiger partial charge on any atom is 0.0452 e. The summed E-state index contributed by atoms with van der Waals surface area (Å²) in [4.78, 5) is 2.34. The molecule has 0 fully saturated rings. The summed E-state index contributed by atoms with van der Waals surface area (Å²) >= 11 is 0. The van der Waals surface area contributed by atoms with Crippen molar-refractivity contribution in [1.82, 2.24) is 10.2 Å². The lowest BCUT2D eigenvalue weighted by atomic mass is 9.94. The lowest BCUT2D eigenvalue weighted by Crippen LogP contribution is -2.38. The van der Waals surface area contributed by atoms with Crippen LogP contribution in [0.25, 0.3) is 0 Å². The van der Waals surface area contributed by atoms with Gasteiger partial charge in [0.2, 0.25) is 0 Å². The summed E-state index contributed by atoms with van der Waals surface area (Å²) in [6, 6.07) is 9.24. The van der Waals surface area contributed by atoms with Gasteiger partial charge in [-0.3, -0.25) is 0 Å². The van der Waals surface area contributed by atoms with Crippen molar-refractivity contribution < 1.29 is 0 Å². The highest BCUT2D eigenvalue weighted by atomic mass is 15.1. The van der Waals surface area contributed by atoms with E-state index in [1.54, 1.807) is 0 Å². The average molecular weight is 230 g/mol. The monoisotopic (exact) mass is 230 g/mol. The number of rotatable bonds is 4. The Morgan fingerprint density at radius 3 is 3.00 bits per heavy atom. The summed E-state index contributed by atoms with van der Waals surface area (Å²) in [5, 5.41) is 3.61. The van der Waals surface area contributed by atoms with Crippen LogP contribution in [0.2, 0.25) is 0 Å². The fourth-order valence-electron chi connectivity index (χ4n) is 2.59. The van der Waals surface area contributed by atoms with Crippen molar-refractivity contribution in [3.8, 4) is 0 Å². The maximum absolute atomic E-state index is 3.97. The minimum Gasteiger partial charge on any atom is -0.309 e. The highest BCUT2D eigenvalue weighted by molar-refractivity contribution is 5.32. The average Bonchev–Trinajstić information content (AvgIpc) is 2.28. The van der Waals surface area contributed by atoms with Crippen LogP contribution in [-0.4, -0.2) is 31.6 Å². The molecule has 1 aliphatic heterocycles. The van der Waals surface area contributed by atoms with Crippen LogP contribution in [0.1, 0.15) is 24.1 Å². The lowest BCUT2D eigenvalue weighted by Gasteiger charge is -2.30. The van der Waals surface area contributed by atoms with E-state index in [0.29, 0.717) is 6.04 Å². The molecule has 1 aliphatic rings. The Kier molecular flexibility index (Phi) is 3.97. The Morgan fingerprint density at radius 1 is 1.47 bits per heavy atom. The molecule has 0 aliphatic carbocycles. The molecule has 1 aromatic carbocycles. The topological polar surface area (TPSA) is 15.3 Å². The van der Waals surface area contributed by atoms with Gasteiger partial charge in [-0.25, -0.2) is 0 Å². The molecule has 1 atom stereocenters. The molecule has 92 valence electrons. The molecule has 0 saturated heterocycles.